The molecular formula is C8H5N3O3. The number of non-ortho nitro benzene ring substituents is 1. The van der Waals surface area contributed by atoms with E-state index in [2.05, 4.69) is 0 Å². The number of benzene rings is 1. The summed E-state index contributed by atoms with van der Waals surface area (Å²) >= 11 is 0. The maximum absolute atomic E-state index is 10.8. The zero-order valence-electron chi connectivity index (χ0n) is 6.93. The molecule has 0 atom stereocenters. The summed E-state index contributed by atoms with van der Waals surface area (Å²) in [6.45, 7) is 0. The predicted molar refractivity (Wildman–Crippen MR) is 46.3 cm³/mol. The van der Waals surface area contributed by atoms with Crippen molar-refractivity contribution in [1.29, 1.82) is 5.26 Å². The van der Waals surface area contributed by atoms with Crippen LogP contribution in [-0.2, 0) is 0 Å². The van der Waals surface area contributed by atoms with E-state index in [9.17, 15) is 14.9 Å². The number of rotatable bonds is 2. The summed E-state index contributed by atoms with van der Waals surface area (Å²) in [7, 11) is 0. The maximum Gasteiger partial charge on any atom is 0.270 e. The summed E-state index contributed by atoms with van der Waals surface area (Å²) in [5, 5.41) is 18.9. The fraction of sp³-hybridized carbons (Fsp3) is 0. The minimum absolute atomic E-state index is 0.0156. The number of carbonyl (C=O) groups excluding carboxylic acids is 1. The largest absolute Gasteiger partial charge is 0.366 e. The van der Waals surface area contributed by atoms with Gasteiger partial charge in [0.25, 0.3) is 5.69 Å². The monoisotopic (exact) mass is 191 g/mol. The summed E-state index contributed by atoms with van der Waals surface area (Å²) in [6.07, 6.45) is 0. The first-order chi connectivity index (χ1) is 6.56. The first kappa shape index (κ1) is 9.67. The number of nitrogens with zero attached hydrogens (tertiary/aromatic N) is 2. The van der Waals surface area contributed by atoms with Crippen LogP contribution < -0.4 is 5.73 Å². The fourth-order valence-electron chi connectivity index (χ4n) is 0.953. The first-order valence-electron chi connectivity index (χ1n) is 3.54. The van der Waals surface area contributed by atoms with E-state index in [4.69, 9.17) is 11.0 Å². The number of nitro benzene ring substituents is 1. The lowest BCUT2D eigenvalue weighted by molar-refractivity contribution is -0.384. The van der Waals surface area contributed by atoms with E-state index in [1.54, 1.807) is 6.07 Å². The number of nitro groups is 1. The second kappa shape index (κ2) is 3.53. The SMILES string of the molecule is N#Cc1cc([N+](=O)[O-])ccc1C(N)=O. The van der Waals surface area contributed by atoms with Gasteiger partial charge >= 0.3 is 0 Å². The molecule has 0 saturated carbocycles. The zero-order chi connectivity index (χ0) is 10.7. The average molecular weight is 191 g/mol. The van der Waals surface area contributed by atoms with Crippen molar-refractivity contribution in [2.45, 2.75) is 0 Å². The van der Waals surface area contributed by atoms with Crippen LogP contribution in [0, 0.1) is 21.4 Å². The molecule has 0 heterocycles. The summed E-state index contributed by atoms with van der Waals surface area (Å²) < 4.78 is 0. The average Bonchev–Trinajstić information content (AvgIpc) is 2.16. The van der Waals surface area contributed by atoms with E-state index in [-0.39, 0.29) is 16.8 Å². The van der Waals surface area contributed by atoms with Crippen molar-refractivity contribution >= 4 is 11.6 Å². The Morgan fingerprint density at radius 3 is 2.64 bits per heavy atom. The number of nitrogens with two attached hydrogens (primary N) is 1. The molecule has 0 radical (unpaired) electrons. The smallest absolute Gasteiger partial charge is 0.270 e. The van der Waals surface area contributed by atoms with Crippen LogP contribution in [0.1, 0.15) is 15.9 Å². The van der Waals surface area contributed by atoms with Gasteiger partial charge in [-0.3, -0.25) is 14.9 Å². The second-order valence-electron chi connectivity index (χ2n) is 2.46. The van der Waals surface area contributed by atoms with E-state index < -0.39 is 10.8 Å². The Morgan fingerprint density at radius 2 is 2.21 bits per heavy atom. The highest BCUT2D eigenvalue weighted by Gasteiger charge is 2.13. The standard InChI is InChI=1S/C8H5N3O3/c9-4-5-3-6(11(13)14)1-2-7(5)8(10)12/h1-3H,(H2,10,12). The second-order valence-corrected chi connectivity index (χ2v) is 2.46. The lowest BCUT2D eigenvalue weighted by Gasteiger charge is -1.97. The summed E-state index contributed by atoms with van der Waals surface area (Å²) in [4.78, 5) is 20.4. The van der Waals surface area contributed by atoms with Crippen LogP contribution >= 0.6 is 0 Å². The van der Waals surface area contributed by atoms with Crippen molar-refractivity contribution in [2.24, 2.45) is 5.73 Å². The molecule has 0 bridgehead atoms. The third-order valence-corrected chi connectivity index (χ3v) is 1.60. The van der Waals surface area contributed by atoms with Gasteiger partial charge in [-0.05, 0) is 6.07 Å². The van der Waals surface area contributed by atoms with Crippen LogP contribution in [0.2, 0.25) is 0 Å². The Kier molecular flexibility index (Phi) is 2.44. The third kappa shape index (κ3) is 1.67. The van der Waals surface area contributed by atoms with Crippen molar-refractivity contribution in [3.05, 3.63) is 39.4 Å². The fourth-order valence-corrected chi connectivity index (χ4v) is 0.953. The lowest BCUT2D eigenvalue weighted by Crippen LogP contribution is -2.12. The van der Waals surface area contributed by atoms with Crippen molar-refractivity contribution in [3.63, 3.8) is 0 Å². The van der Waals surface area contributed by atoms with Crippen molar-refractivity contribution in [3.8, 4) is 6.07 Å². The van der Waals surface area contributed by atoms with Gasteiger partial charge in [-0.15, -0.1) is 0 Å². The number of primary amides is 1. The van der Waals surface area contributed by atoms with Crippen molar-refractivity contribution in [2.75, 3.05) is 0 Å². The highest BCUT2D eigenvalue weighted by atomic mass is 16.6. The predicted octanol–water partition coefficient (Wildman–Crippen LogP) is 0.565. The Bertz CT molecular complexity index is 448. The molecule has 0 aliphatic carbocycles. The van der Waals surface area contributed by atoms with E-state index in [1.165, 1.54) is 6.07 Å². The molecule has 1 amide bonds. The molecule has 1 rings (SSSR count). The number of hydrogen-bond acceptors (Lipinski definition) is 4. The van der Waals surface area contributed by atoms with Gasteiger partial charge in [0.05, 0.1) is 16.1 Å². The van der Waals surface area contributed by atoms with Crippen molar-refractivity contribution < 1.29 is 9.72 Å². The van der Waals surface area contributed by atoms with Crippen LogP contribution in [0.3, 0.4) is 0 Å². The molecule has 70 valence electrons. The Morgan fingerprint density at radius 1 is 1.57 bits per heavy atom. The van der Waals surface area contributed by atoms with Gasteiger partial charge < -0.3 is 5.73 Å². The lowest BCUT2D eigenvalue weighted by atomic mass is 10.1. The molecule has 1 aromatic rings. The van der Waals surface area contributed by atoms with Crippen LogP contribution in [-0.4, -0.2) is 10.8 Å². The molecule has 1 aromatic carbocycles. The minimum Gasteiger partial charge on any atom is -0.366 e. The van der Waals surface area contributed by atoms with Gasteiger partial charge in [0.15, 0.2) is 0 Å². The number of amides is 1. The Hall–Kier alpha value is -2.42. The van der Waals surface area contributed by atoms with E-state index in [1.807, 2.05) is 0 Å². The molecule has 0 saturated heterocycles. The van der Waals surface area contributed by atoms with E-state index in [0.29, 0.717) is 0 Å². The van der Waals surface area contributed by atoms with Gasteiger partial charge in [-0.25, -0.2) is 0 Å². The molecule has 0 unspecified atom stereocenters. The maximum atomic E-state index is 10.8. The minimum atomic E-state index is -0.781. The first-order valence-corrected chi connectivity index (χ1v) is 3.54. The number of nitriles is 1. The molecule has 0 fully saturated rings. The number of hydrogen-bond donors (Lipinski definition) is 1. The van der Waals surface area contributed by atoms with Crippen LogP contribution in [0.5, 0.6) is 0 Å². The topological polar surface area (TPSA) is 110 Å². The molecule has 6 nitrogen and oxygen atoms in total. The van der Waals surface area contributed by atoms with Gasteiger partial charge in [-0.2, -0.15) is 5.26 Å². The molecule has 0 aliphatic heterocycles. The Balaban J connectivity index is 3.34. The van der Waals surface area contributed by atoms with Crippen LogP contribution in [0.4, 0.5) is 5.69 Å². The van der Waals surface area contributed by atoms with E-state index >= 15 is 0 Å². The normalized spacial score (nSPS) is 9.07. The molecule has 0 aliphatic rings. The molecule has 0 spiro atoms. The highest BCUT2D eigenvalue weighted by Crippen LogP contribution is 2.16. The quantitative estimate of drug-likeness (QED) is 0.543. The highest BCUT2D eigenvalue weighted by molar-refractivity contribution is 5.95. The van der Waals surface area contributed by atoms with Crippen LogP contribution in [0.25, 0.3) is 0 Å². The van der Waals surface area contributed by atoms with Crippen LogP contribution in [0.15, 0.2) is 18.2 Å². The Labute approximate surface area is 78.7 Å². The molecule has 14 heavy (non-hydrogen) atoms. The summed E-state index contributed by atoms with van der Waals surface area (Å²) in [5.74, 6) is -0.781. The van der Waals surface area contributed by atoms with E-state index in [0.717, 1.165) is 12.1 Å². The van der Waals surface area contributed by atoms with Gasteiger partial charge in [0.1, 0.15) is 6.07 Å². The summed E-state index contributed by atoms with van der Waals surface area (Å²) in [6, 6.07) is 4.97. The van der Waals surface area contributed by atoms with Gasteiger partial charge in [-0.1, -0.05) is 0 Å². The van der Waals surface area contributed by atoms with Crippen molar-refractivity contribution in [1.82, 2.24) is 0 Å². The zero-order valence-corrected chi connectivity index (χ0v) is 6.93. The summed E-state index contributed by atoms with van der Waals surface area (Å²) in [5.41, 5.74) is 4.61. The third-order valence-electron chi connectivity index (χ3n) is 1.60. The molecular weight excluding hydrogens is 186 g/mol. The number of carbonyl (C=O) groups is 1. The molecule has 6 heteroatoms. The van der Waals surface area contributed by atoms with Gasteiger partial charge in [0, 0.05) is 12.1 Å². The molecule has 0 aromatic heterocycles. The van der Waals surface area contributed by atoms with Gasteiger partial charge in [0.2, 0.25) is 5.91 Å². The molecule has 2 N–H and O–H groups in total.